The van der Waals surface area contributed by atoms with Gasteiger partial charge in [-0.1, -0.05) is 67.8 Å². The quantitative estimate of drug-likeness (QED) is 0.705. The lowest BCUT2D eigenvalue weighted by Crippen LogP contribution is -2.41. The number of amides is 1. The minimum Gasteiger partial charge on any atom is -0.481 e. The summed E-state index contributed by atoms with van der Waals surface area (Å²) in [5.41, 5.74) is 4.75. The molecule has 0 heterocycles. The summed E-state index contributed by atoms with van der Waals surface area (Å²) >= 11 is 0. The average Bonchev–Trinajstić information content (AvgIpc) is 2.88. The van der Waals surface area contributed by atoms with Crippen LogP contribution < -0.4 is 5.32 Å². The standard InChI is InChI=1S/C24H27NO4/c26-23(27)14-16-8-2-1-3-13-22(16)25-24(28)29-15-21-19-11-6-4-9-17(19)18-10-5-7-12-20(18)21/h4-7,9-12,16,21-22H,1-3,8,13-15H2,(H,25,28)(H,26,27). The van der Waals surface area contributed by atoms with Gasteiger partial charge in [0.05, 0.1) is 6.42 Å². The fraction of sp³-hybridized carbons (Fsp3) is 0.417. The maximum atomic E-state index is 12.6. The number of alkyl carbamates (subject to hydrolysis) is 1. The summed E-state index contributed by atoms with van der Waals surface area (Å²) in [6.07, 6.45) is 4.38. The fourth-order valence-corrected chi connectivity index (χ4v) is 4.83. The van der Waals surface area contributed by atoms with Gasteiger partial charge in [0.1, 0.15) is 6.61 Å². The Morgan fingerprint density at radius 1 is 0.931 bits per heavy atom. The smallest absolute Gasteiger partial charge is 0.407 e. The zero-order chi connectivity index (χ0) is 20.2. The van der Waals surface area contributed by atoms with Gasteiger partial charge in [-0.3, -0.25) is 4.79 Å². The van der Waals surface area contributed by atoms with Crippen LogP contribution in [0.25, 0.3) is 11.1 Å². The molecule has 1 fully saturated rings. The van der Waals surface area contributed by atoms with Crippen LogP contribution in [0.15, 0.2) is 48.5 Å². The number of hydrogen-bond acceptors (Lipinski definition) is 3. The molecule has 2 N–H and O–H groups in total. The first-order valence-electron chi connectivity index (χ1n) is 10.5. The first-order valence-corrected chi connectivity index (χ1v) is 10.5. The largest absolute Gasteiger partial charge is 0.481 e. The fourth-order valence-electron chi connectivity index (χ4n) is 4.83. The van der Waals surface area contributed by atoms with Crippen molar-refractivity contribution in [3.8, 4) is 11.1 Å². The Morgan fingerprint density at radius 2 is 1.55 bits per heavy atom. The van der Waals surface area contributed by atoms with E-state index in [9.17, 15) is 14.7 Å². The molecule has 0 radical (unpaired) electrons. The zero-order valence-corrected chi connectivity index (χ0v) is 16.5. The number of carbonyl (C=O) groups is 2. The van der Waals surface area contributed by atoms with Gasteiger partial charge < -0.3 is 15.2 Å². The lowest BCUT2D eigenvalue weighted by Gasteiger charge is -2.25. The summed E-state index contributed by atoms with van der Waals surface area (Å²) in [5.74, 6) is -0.816. The van der Waals surface area contributed by atoms with Crippen molar-refractivity contribution >= 4 is 12.1 Å². The van der Waals surface area contributed by atoms with Gasteiger partial charge in [0.15, 0.2) is 0 Å². The van der Waals surface area contributed by atoms with Crippen LogP contribution in [0.2, 0.25) is 0 Å². The number of ether oxygens (including phenoxy) is 1. The number of carbonyl (C=O) groups excluding carboxylic acids is 1. The number of nitrogens with one attached hydrogen (secondary N) is 1. The van der Waals surface area contributed by atoms with E-state index in [0.29, 0.717) is 0 Å². The summed E-state index contributed by atoms with van der Waals surface area (Å²) in [5, 5.41) is 12.2. The summed E-state index contributed by atoms with van der Waals surface area (Å²) in [7, 11) is 0. The van der Waals surface area contributed by atoms with Crippen LogP contribution in [0.5, 0.6) is 0 Å². The second kappa shape index (κ2) is 8.68. The monoisotopic (exact) mass is 393 g/mol. The van der Waals surface area contributed by atoms with Crippen molar-refractivity contribution < 1.29 is 19.4 Å². The molecule has 5 nitrogen and oxygen atoms in total. The van der Waals surface area contributed by atoms with E-state index in [-0.39, 0.29) is 30.9 Å². The van der Waals surface area contributed by atoms with Crippen LogP contribution in [0.3, 0.4) is 0 Å². The third-order valence-corrected chi connectivity index (χ3v) is 6.24. The number of benzene rings is 2. The van der Waals surface area contributed by atoms with Crippen LogP contribution in [0, 0.1) is 5.92 Å². The minimum absolute atomic E-state index is 0.0251. The van der Waals surface area contributed by atoms with Crippen molar-refractivity contribution in [2.45, 2.75) is 50.5 Å². The predicted octanol–water partition coefficient (Wildman–Crippen LogP) is 4.95. The van der Waals surface area contributed by atoms with E-state index in [4.69, 9.17) is 4.74 Å². The summed E-state index contributed by atoms with van der Waals surface area (Å²) in [6.45, 7) is 0.274. The van der Waals surface area contributed by atoms with Gasteiger partial charge in [-0.2, -0.15) is 0 Å². The molecular weight excluding hydrogens is 366 g/mol. The molecule has 2 atom stereocenters. The van der Waals surface area contributed by atoms with Crippen molar-refractivity contribution in [2.75, 3.05) is 6.61 Å². The molecule has 0 spiro atoms. The Kier molecular flexibility index (Phi) is 5.84. The van der Waals surface area contributed by atoms with Crippen molar-refractivity contribution in [1.82, 2.24) is 5.32 Å². The maximum Gasteiger partial charge on any atom is 0.407 e. The van der Waals surface area contributed by atoms with E-state index in [1.54, 1.807) is 0 Å². The number of hydrogen-bond donors (Lipinski definition) is 2. The van der Waals surface area contributed by atoms with Crippen LogP contribution in [-0.2, 0) is 9.53 Å². The van der Waals surface area contributed by atoms with Crippen molar-refractivity contribution in [1.29, 1.82) is 0 Å². The molecular formula is C24H27NO4. The lowest BCUT2D eigenvalue weighted by molar-refractivity contribution is -0.138. The van der Waals surface area contributed by atoms with Gasteiger partial charge in [-0.25, -0.2) is 4.79 Å². The Labute approximate surface area is 171 Å². The van der Waals surface area contributed by atoms with Gasteiger partial charge in [0.2, 0.25) is 0 Å². The molecule has 1 saturated carbocycles. The second-order valence-electron chi connectivity index (χ2n) is 8.07. The van der Waals surface area contributed by atoms with Crippen LogP contribution in [0.1, 0.15) is 55.6 Å². The third-order valence-electron chi connectivity index (χ3n) is 6.24. The normalized spacial score (nSPS) is 21.0. The molecule has 0 aliphatic heterocycles. The van der Waals surface area contributed by atoms with Gasteiger partial charge >= 0.3 is 12.1 Å². The molecule has 4 rings (SSSR count). The molecule has 5 heteroatoms. The number of carboxylic acids is 1. The topological polar surface area (TPSA) is 75.6 Å². The van der Waals surface area contributed by atoms with E-state index < -0.39 is 12.1 Å². The van der Waals surface area contributed by atoms with E-state index in [1.807, 2.05) is 24.3 Å². The van der Waals surface area contributed by atoms with E-state index in [0.717, 1.165) is 32.1 Å². The molecule has 0 aromatic heterocycles. The summed E-state index contributed by atoms with van der Waals surface area (Å²) in [6, 6.07) is 16.3. The number of carboxylic acid groups (broad SMARTS) is 1. The first-order chi connectivity index (χ1) is 14.1. The summed E-state index contributed by atoms with van der Waals surface area (Å²) < 4.78 is 5.64. The molecule has 152 valence electrons. The van der Waals surface area contributed by atoms with Crippen LogP contribution in [0.4, 0.5) is 4.79 Å². The highest BCUT2D eigenvalue weighted by Gasteiger charge is 2.31. The van der Waals surface area contributed by atoms with Crippen molar-refractivity contribution in [2.24, 2.45) is 5.92 Å². The van der Waals surface area contributed by atoms with Gasteiger partial charge in [0, 0.05) is 12.0 Å². The highest BCUT2D eigenvalue weighted by atomic mass is 16.5. The molecule has 2 unspecified atom stereocenters. The van der Waals surface area contributed by atoms with Gasteiger partial charge in [-0.05, 0) is 41.0 Å². The SMILES string of the molecule is O=C(O)CC1CCCCCC1NC(=O)OCC1c2ccccc2-c2ccccc21. The molecule has 0 saturated heterocycles. The number of rotatable bonds is 5. The van der Waals surface area contributed by atoms with Gasteiger partial charge in [-0.15, -0.1) is 0 Å². The van der Waals surface area contributed by atoms with Crippen molar-refractivity contribution in [3.63, 3.8) is 0 Å². The maximum absolute atomic E-state index is 12.6. The average molecular weight is 393 g/mol. The first kappa shape index (κ1) is 19.5. The highest BCUT2D eigenvalue weighted by Crippen LogP contribution is 2.44. The summed E-state index contributed by atoms with van der Waals surface area (Å²) in [4.78, 5) is 23.8. The predicted molar refractivity (Wildman–Crippen MR) is 111 cm³/mol. The van der Waals surface area contributed by atoms with E-state index in [1.165, 1.54) is 22.3 Å². The highest BCUT2D eigenvalue weighted by molar-refractivity contribution is 5.79. The van der Waals surface area contributed by atoms with Crippen LogP contribution in [-0.4, -0.2) is 29.8 Å². The zero-order valence-electron chi connectivity index (χ0n) is 16.5. The molecule has 2 aliphatic carbocycles. The molecule has 0 bridgehead atoms. The minimum atomic E-state index is -0.809. The van der Waals surface area contributed by atoms with E-state index >= 15 is 0 Å². The molecule has 2 aromatic carbocycles. The Hall–Kier alpha value is -2.82. The molecule has 2 aliphatic rings. The van der Waals surface area contributed by atoms with Gasteiger partial charge in [0.25, 0.3) is 0 Å². The number of fused-ring (bicyclic) bond motifs is 3. The lowest BCUT2D eigenvalue weighted by atomic mass is 9.91. The third kappa shape index (κ3) is 4.29. The Balaban J connectivity index is 1.42. The second-order valence-corrected chi connectivity index (χ2v) is 8.07. The molecule has 29 heavy (non-hydrogen) atoms. The molecule has 1 amide bonds. The van der Waals surface area contributed by atoms with Crippen molar-refractivity contribution in [3.05, 3.63) is 59.7 Å². The van der Waals surface area contributed by atoms with E-state index in [2.05, 4.69) is 29.6 Å². The Bertz CT molecular complexity index is 848. The molecule has 2 aromatic rings. The number of aliphatic carboxylic acids is 1. The van der Waals surface area contributed by atoms with Crippen LogP contribution >= 0.6 is 0 Å². The Morgan fingerprint density at radius 3 is 2.21 bits per heavy atom.